The van der Waals surface area contributed by atoms with E-state index in [4.69, 9.17) is 0 Å². The average Bonchev–Trinajstić information content (AvgIpc) is 2.50. The van der Waals surface area contributed by atoms with E-state index >= 15 is 0 Å². The van der Waals surface area contributed by atoms with Gasteiger partial charge in [0, 0.05) is 38.6 Å². The van der Waals surface area contributed by atoms with Gasteiger partial charge in [-0.25, -0.2) is 12.7 Å². The summed E-state index contributed by atoms with van der Waals surface area (Å²) in [5.41, 5.74) is 0. The summed E-state index contributed by atoms with van der Waals surface area (Å²) in [7, 11) is -3.12. The number of nitrogens with zero attached hydrogens (tertiary/aromatic N) is 2. The molecule has 0 aromatic rings. The number of hydrogen-bond acceptors (Lipinski definition) is 4. The molecule has 2 atom stereocenters. The molecular formula is C17H33N3O3S. The summed E-state index contributed by atoms with van der Waals surface area (Å²) in [5, 5.41) is 3.03. The van der Waals surface area contributed by atoms with Crippen LogP contribution in [-0.4, -0.2) is 69.1 Å². The second-order valence-corrected chi connectivity index (χ2v) is 9.77. The van der Waals surface area contributed by atoms with Gasteiger partial charge in [-0.2, -0.15) is 0 Å². The lowest BCUT2D eigenvalue weighted by Gasteiger charge is -2.35. The van der Waals surface area contributed by atoms with Crippen LogP contribution in [0.5, 0.6) is 0 Å². The Labute approximate surface area is 147 Å². The van der Waals surface area contributed by atoms with Crippen LogP contribution in [-0.2, 0) is 14.8 Å². The van der Waals surface area contributed by atoms with Gasteiger partial charge in [0.15, 0.2) is 0 Å². The minimum Gasteiger partial charge on any atom is -0.356 e. The molecule has 0 radical (unpaired) electrons. The Morgan fingerprint density at radius 1 is 1.12 bits per heavy atom. The van der Waals surface area contributed by atoms with Crippen molar-refractivity contribution in [2.75, 3.05) is 45.5 Å². The molecule has 2 aliphatic heterocycles. The molecule has 0 aromatic carbocycles. The first-order chi connectivity index (χ1) is 11.3. The number of carbonyl (C=O) groups excluding carboxylic acids is 1. The highest BCUT2D eigenvalue weighted by Gasteiger charge is 2.28. The van der Waals surface area contributed by atoms with Crippen LogP contribution < -0.4 is 5.32 Å². The fourth-order valence-electron chi connectivity index (χ4n) is 4.08. The zero-order valence-corrected chi connectivity index (χ0v) is 16.1. The molecule has 2 rings (SSSR count). The van der Waals surface area contributed by atoms with E-state index < -0.39 is 10.0 Å². The van der Waals surface area contributed by atoms with Crippen molar-refractivity contribution in [3.8, 4) is 0 Å². The zero-order chi connectivity index (χ0) is 17.7. The molecule has 2 heterocycles. The summed E-state index contributed by atoms with van der Waals surface area (Å²) in [6, 6.07) is 0. The van der Waals surface area contributed by atoms with Crippen molar-refractivity contribution in [2.24, 2.45) is 17.8 Å². The highest BCUT2D eigenvalue weighted by Crippen LogP contribution is 2.21. The first kappa shape index (κ1) is 19.7. The summed E-state index contributed by atoms with van der Waals surface area (Å²) in [6.45, 7) is 9.64. The van der Waals surface area contributed by atoms with E-state index in [0.29, 0.717) is 32.5 Å². The van der Waals surface area contributed by atoms with Crippen LogP contribution in [0.25, 0.3) is 0 Å². The summed E-state index contributed by atoms with van der Waals surface area (Å²) in [4.78, 5) is 14.7. The molecule has 0 saturated carbocycles. The Kier molecular flexibility index (Phi) is 7.07. The van der Waals surface area contributed by atoms with Crippen LogP contribution in [0.2, 0.25) is 0 Å². The predicted molar refractivity (Wildman–Crippen MR) is 96.2 cm³/mol. The quantitative estimate of drug-likeness (QED) is 0.722. The van der Waals surface area contributed by atoms with Crippen molar-refractivity contribution < 1.29 is 13.2 Å². The third kappa shape index (κ3) is 6.01. The van der Waals surface area contributed by atoms with Crippen LogP contribution in [0.1, 0.15) is 39.5 Å². The highest BCUT2D eigenvalue weighted by molar-refractivity contribution is 7.88. The van der Waals surface area contributed by atoms with Crippen LogP contribution >= 0.6 is 0 Å². The lowest BCUT2D eigenvalue weighted by atomic mass is 9.92. The first-order valence-corrected chi connectivity index (χ1v) is 11.1. The summed E-state index contributed by atoms with van der Waals surface area (Å²) in [6.07, 6.45) is 4.78. The molecule has 2 fully saturated rings. The smallest absolute Gasteiger partial charge is 0.223 e. The zero-order valence-electron chi connectivity index (χ0n) is 15.3. The number of likely N-dealkylation sites (tertiary alicyclic amines) is 1. The maximum absolute atomic E-state index is 12.2. The van der Waals surface area contributed by atoms with Crippen LogP contribution in [0, 0.1) is 17.8 Å². The monoisotopic (exact) mass is 359 g/mol. The number of carbonyl (C=O) groups is 1. The highest BCUT2D eigenvalue weighted by atomic mass is 32.2. The van der Waals surface area contributed by atoms with Crippen molar-refractivity contribution in [3.05, 3.63) is 0 Å². The molecule has 140 valence electrons. The van der Waals surface area contributed by atoms with Gasteiger partial charge >= 0.3 is 0 Å². The third-order valence-electron chi connectivity index (χ3n) is 5.19. The van der Waals surface area contributed by atoms with Crippen molar-refractivity contribution >= 4 is 15.9 Å². The molecule has 2 saturated heterocycles. The number of hydrogen-bond donors (Lipinski definition) is 1. The minimum atomic E-state index is -3.12. The molecule has 0 aromatic heterocycles. The Balaban J connectivity index is 1.62. The SMILES string of the molecule is C[C@@H]1C[C@H](C)CN(CCCNC(=O)C2CCN(S(C)(=O)=O)CC2)C1. The standard InChI is InChI=1S/C17H33N3O3S/c1-14-11-15(2)13-19(12-14)8-4-7-18-17(21)16-5-9-20(10-6-16)24(3,22)23/h14-16H,4-13H2,1-3H3,(H,18,21)/t14-,15+. The Bertz CT molecular complexity index is 505. The van der Waals surface area contributed by atoms with Gasteiger partial charge in [-0.1, -0.05) is 13.8 Å². The lowest BCUT2D eigenvalue weighted by Crippen LogP contribution is -2.43. The molecule has 0 bridgehead atoms. The lowest BCUT2D eigenvalue weighted by molar-refractivity contribution is -0.126. The van der Waals surface area contributed by atoms with Gasteiger partial charge in [0.1, 0.15) is 0 Å². The number of nitrogens with one attached hydrogen (secondary N) is 1. The number of piperidine rings is 2. The number of sulfonamides is 1. The normalized spacial score (nSPS) is 28.0. The van der Waals surface area contributed by atoms with E-state index in [1.165, 1.54) is 30.1 Å². The van der Waals surface area contributed by atoms with E-state index in [-0.39, 0.29) is 11.8 Å². The molecule has 7 heteroatoms. The van der Waals surface area contributed by atoms with Crippen molar-refractivity contribution in [1.82, 2.24) is 14.5 Å². The fourth-order valence-corrected chi connectivity index (χ4v) is 4.96. The Hall–Kier alpha value is -0.660. The van der Waals surface area contributed by atoms with E-state index in [1.807, 2.05) is 0 Å². The predicted octanol–water partition coefficient (Wildman–Crippen LogP) is 1.14. The van der Waals surface area contributed by atoms with Gasteiger partial charge in [0.25, 0.3) is 0 Å². The van der Waals surface area contributed by atoms with Crippen LogP contribution in [0.4, 0.5) is 0 Å². The van der Waals surface area contributed by atoms with E-state index in [2.05, 4.69) is 24.1 Å². The molecule has 24 heavy (non-hydrogen) atoms. The van der Waals surface area contributed by atoms with Gasteiger partial charge in [-0.3, -0.25) is 4.79 Å². The first-order valence-electron chi connectivity index (χ1n) is 9.21. The van der Waals surface area contributed by atoms with Gasteiger partial charge in [0.05, 0.1) is 6.26 Å². The second kappa shape index (κ2) is 8.63. The molecule has 0 aliphatic carbocycles. The molecule has 1 amide bonds. The molecule has 2 aliphatic rings. The Morgan fingerprint density at radius 3 is 2.25 bits per heavy atom. The number of amides is 1. The minimum absolute atomic E-state index is 0.0435. The van der Waals surface area contributed by atoms with E-state index in [9.17, 15) is 13.2 Å². The fraction of sp³-hybridized carbons (Fsp3) is 0.941. The van der Waals surface area contributed by atoms with Crippen molar-refractivity contribution in [1.29, 1.82) is 0 Å². The maximum atomic E-state index is 12.2. The molecular weight excluding hydrogens is 326 g/mol. The average molecular weight is 360 g/mol. The van der Waals surface area contributed by atoms with Crippen LogP contribution in [0.3, 0.4) is 0 Å². The largest absolute Gasteiger partial charge is 0.356 e. The third-order valence-corrected chi connectivity index (χ3v) is 6.49. The molecule has 0 unspecified atom stereocenters. The van der Waals surface area contributed by atoms with E-state index in [1.54, 1.807) is 0 Å². The molecule has 6 nitrogen and oxygen atoms in total. The number of rotatable bonds is 6. The summed E-state index contributed by atoms with van der Waals surface area (Å²) >= 11 is 0. The van der Waals surface area contributed by atoms with Gasteiger partial charge in [-0.05, 0) is 44.1 Å². The molecule has 1 N–H and O–H groups in total. The maximum Gasteiger partial charge on any atom is 0.223 e. The van der Waals surface area contributed by atoms with Crippen molar-refractivity contribution in [2.45, 2.75) is 39.5 Å². The topological polar surface area (TPSA) is 69.7 Å². The van der Waals surface area contributed by atoms with Gasteiger partial charge in [-0.15, -0.1) is 0 Å². The molecule has 0 spiro atoms. The second-order valence-electron chi connectivity index (χ2n) is 7.79. The van der Waals surface area contributed by atoms with E-state index in [0.717, 1.165) is 24.8 Å². The Morgan fingerprint density at radius 2 is 1.71 bits per heavy atom. The summed E-state index contributed by atoms with van der Waals surface area (Å²) < 4.78 is 24.4. The van der Waals surface area contributed by atoms with Crippen LogP contribution in [0.15, 0.2) is 0 Å². The van der Waals surface area contributed by atoms with Gasteiger partial charge in [0.2, 0.25) is 15.9 Å². The van der Waals surface area contributed by atoms with Gasteiger partial charge < -0.3 is 10.2 Å². The van der Waals surface area contributed by atoms with Crippen molar-refractivity contribution in [3.63, 3.8) is 0 Å². The summed E-state index contributed by atoms with van der Waals surface area (Å²) in [5.74, 6) is 1.58.